The van der Waals surface area contributed by atoms with E-state index in [-0.39, 0.29) is 19.2 Å². The Hall–Kier alpha value is -1.67. The van der Waals surface area contributed by atoms with Crippen LogP contribution in [0.25, 0.3) is 0 Å². The lowest BCUT2D eigenvalue weighted by atomic mass is 10.3. The lowest BCUT2D eigenvalue weighted by molar-refractivity contribution is -0.154. The van der Waals surface area contributed by atoms with Gasteiger partial charge in [-0.2, -0.15) is 0 Å². The van der Waals surface area contributed by atoms with Gasteiger partial charge in [-0.3, -0.25) is 5.32 Å². The molecule has 1 fully saturated rings. The third kappa shape index (κ3) is 2.96. The van der Waals surface area contributed by atoms with Gasteiger partial charge in [0.25, 0.3) is 0 Å². The van der Waals surface area contributed by atoms with E-state index in [4.69, 9.17) is 9.84 Å². The van der Waals surface area contributed by atoms with Gasteiger partial charge in [0.1, 0.15) is 0 Å². The molecule has 98 valence electrons. The van der Waals surface area contributed by atoms with Gasteiger partial charge in [0.05, 0.1) is 18.8 Å². The molecule has 1 saturated heterocycles. The first-order valence-electron chi connectivity index (χ1n) is 5.38. The zero-order chi connectivity index (χ0) is 13.1. The Labute approximate surface area is 107 Å². The number of carboxylic acids is 1. The molecule has 0 radical (unpaired) electrons. The van der Waals surface area contributed by atoms with E-state index >= 15 is 0 Å². The third-order valence-corrected chi connectivity index (χ3v) is 3.34. The molecule has 18 heavy (non-hydrogen) atoms. The third-order valence-electron chi connectivity index (χ3n) is 2.46. The maximum Gasteiger partial charge on any atom is 0.334 e. The number of nitrogens with zero attached hydrogens (tertiary/aromatic N) is 2. The molecule has 7 nitrogen and oxygen atoms in total. The molecular formula is C10H13N3O4S. The SMILES string of the molecule is Cc1csc(NC(=O)N2CCOC(C(=O)O)C2)n1. The van der Waals surface area contributed by atoms with Crippen LogP contribution >= 0.6 is 11.3 Å². The number of ether oxygens (including phenoxy) is 1. The van der Waals surface area contributed by atoms with Gasteiger partial charge in [-0.05, 0) is 6.92 Å². The molecule has 1 aromatic heterocycles. The van der Waals surface area contributed by atoms with Gasteiger partial charge < -0.3 is 14.7 Å². The number of aromatic nitrogens is 1. The molecule has 2 N–H and O–H groups in total. The predicted molar refractivity (Wildman–Crippen MR) is 64.8 cm³/mol. The number of aryl methyl sites for hydroxylation is 1. The van der Waals surface area contributed by atoms with Crippen molar-refractivity contribution in [2.24, 2.45) is 0 Å². The number of hydrogen-bond donors (Lipinski definition) is 2. The van der Waals surface area contributed by atoms with E-state index in [1.165, 1.54) is 16.2 Å². The van der Waals surface area contributed by atoms with Crippen LogP contribution < -0.4 is 5.32 Å². The summed E-state index contributed by atoms with van der Waals surface area (Å²) in [6, 6.07) is -0.348. The highest BCUT2D eigenvalue weighted by Gasteiger charge is 2.29. The molecule has 0 bridgehead atoms. The molecular weight excluding hydrogens is 258 g/mol. The summed E-state index contributed by atoms with van der Waals surface area (Å²) in [6.45, 7) is 2.48. The van der Waals surface area contributed by atoms with Gasteiger partial charge in [0, 0.05) is 11.9 Å². The van der Waals surface area contributed by atoms with Crippen LogP contribution in [0.5, 0.6) is 0 Å². The van der Waals surface area contributed by atoms with Crippen molar-refractivity contribution in [3.8, 4) is 0 Å². The lowest BCUT2D eigenvalue weighted by Gasteiger charge is -2.30. The zero-order valence-electron chi connectivity index (χ0n) is 9.75. The number of aliphatic carboxylic acids is 1. The zero-order valence-corrected chi connectivity index (χ0v) is 10.6. The van der Waals surface area contributed by atoms with Gasteiger partial charge in [-0.1, -0.05) is 0 Å². The van der Waals surface area contributed by atoms with Crippen LogP contribution in [0.4, 0.5) is 9.93 Å². The summed E-state index contributed by atoms with van der Waals surface area (Å²) in [7, 11) is 0. The van der Waals surface area contributed by atoms with Crippen LogP contribution in [0.1, 0.15) is 5.69 Å². The highest BCUT2D eigenvalue weighted by Crippen LogP contribution is 2.15. The number of amides is 2. The Morgan fingerprint density at radius 3 is 3.06 bits per heavy atom. The first kappa shape index (κ1) is 12.8. The smallest absolute Gasteiger partial charge is 0.334 e. The summed E-state index contributed by atoms with van der Waals surface area (Å²) in [6.07, 6.45) is -0.956. The number of carbonyl (C=O) groups excluding carboxylic acids is 1. The van der Waals surface area contributed by atoms with Gasteiger partial charge in [0.15, 0.2) is 11.2 Å². The monoisotopic (exact) mass is 271 g/mol. The van der Waals surface area contributed by atoms with Crippen LogP contribution in [-0.4, -0.2) is 52.8 Å². The Kier molecular flexibility index (Phi) is 3.78. The van der Waals surface area contributed by atoms with E-state index in [1.807, 2.05) is 12.3 Å². The number of morpholine rings is 1. The van der Waals surface area contributed by atoms with Crippen molar-refractivity contribution < 1.29 is 19.4 Å². The topological polar surface area (TPSA) is 91.8 Å². The Morgan fingerprint density at radius 1 is 1.67 bits per heavy atom. The molecule has 1 aliphatic rings. The summed E-state index contributed by atoms with van der Waals surface area (Å²) in [5, 5.41) is 13.8. The summed E-state index contributed by atoms with van der Waals surface area (Å²) >= 11 is 1.33. The lowest BCUT2D eigenvalue weighted by Crippen LogP contribution is -2.49. The highest BCUT2D eigenvalue weighted by atomic mass is 32.1. The summed E-state index contributed by atoms with van der Waals surface area (Å²) in [4.78, 5) is 28.2. The maximum absolute atomic E-state index is 11.9. The molecule has 1 aromatic rings. The predicted octanol–water partition coefficient (Wildman–Crippen LogP) is 0.769. The van der Waals surface area contributed by atoms with Crippen molar-refractivity contribution in [2.45, 2.75) is 13.0 Å². The van der Waals surface area contributed by atoms with Gasteiger partial charge in [-0.25, -0.2) is 14.6 Å². The molecule has 2 heterocycles. The number of urea groups is 1. The van der Waals surface area contributed by atoms with Crippen molar-refractivity contribution in [1.29, 1.82) is 0 Å². The number of rotatable bonds is 2. The fourth-order valence-corrected chi connectivity index (χ4v) is 2.24. The van der Waals surface area contributed by atoms with Crippen molar-refractivity contribution in [3.63, 3.8) is 0 Å². The van der Waals surface area contributed by atoms with E-state index < -0.39 is 12.1 Å². The molecule has 0 aromatic carbocycles. The van der Waals surface area contributed by atoms with Gasteiger partial charge >= 0.3 is 12.0 Å². The number of thiazole rings is 1. The highest BCUT2D eigenvalue weighted by molar-refractivity contribution is 7.13. The minimum Gasteiger partial charge on any atom is -0.479 e. The molecule has 1 atom stereocenters. The number of carboxylic acid groups (broad SMARTS) is 1. The molecule has 0 saturated carbocycles. The van der Waals surface area contributed by atoms with Crippen LogP contribution in [0.3, 0.4) is 0 Å². The summed E-state index contributed by atoms with van der Waals surface area (Å²) in [5.41, 5.74) is 0.834. The van der Waals surface area contributed by atoms with Crippen molar-refractivity contribution in [1.82, 2.24) is 9.88 Å². The molecule has 2 rings (SSSR count). The first-order chi connectivity index (χ1) is 8.56. The minimum atomic E-state index is -1.06. The molecule has 0 spiro atoms. The number of carbonyl (C=O) groups is 2. The summed E-state index contributed by atoms with van der Waals surface area (Å²) < 4.78 is 5.04. The fourth-order valence-electron chi connectivity index (χ4n) is 1.57. The Morgan fingerprint density at radius 2 is 2.44 bits per heavy atom. The average molecular weight is 271 g/mol. The quantitative estimate of drug-likeness (QED) is 0.829. The molecule has 1 aliphatic heterocycles. The van der Waals surface area contributed by atoms with Crippen LogP contribution in [0, 0.1) is 6.92 Å². The number of hydrogen-bond acceptors (Lipinski definition) is 5. The van der Waals surface area contributed by atoms with E-state index in [0.29, 0.717) is 11.7 Å². The number of anilines is 1. The summed E-state index contributed by atoms with van der Waals surface area (Å²) in [5.74, 6) is -1.06. The second kappa shape index (κ2) is 5.32. The van der Waals surface area contributed by atoms with Crippen molar-refractivity contribution >= 4 is 28.5 Å². The fraction of sp³-hybridized carbons (Fsp3) is 0.500. The van der Waals surface area contributed by atoms with Gasteiger partial charge in [-0.15, -0.1) is 11.3 Å². The average Bonchev–Trinajstić information content (AvgIpc) is 2.75. The van der Waals surface area contributed by atoms with Crippen LogP contribution in [0.2, 0.25) is 0 Å². The van der Waals surface area contributed by atoms with E-state index in [0.717, 1.165) is 5.69 Å². The van der Waals surface area contributed by atoms with Crippen molar-refractivity contribution in [3.05, 3.63) is 11.1 Å². The molecule has 1 unspecified atom stereocenters. The number of nitrogens with one attached hydrogen (secondary N) is 1. The van der Waals surface area contributed by atoms with Gasteiger partial charge in [0.2, 0.25) is 0 Å². The van der Waals surface area contributed by atoms with E-state index in [1.54, 1.807) is 0 Å². The second-order valence-corrected chi connectivity index (χ2v) is 4.73. The maximum atomic E-state index is 11.9. The minimum absolute atomic E-state index is 0.0471. The standard InChI is InChI=1S/C10H13N3O4S/c1-6-5-18-9(11-6)12-10(16)13-2-3-17-7(4-13)8(14)15/h5,7H,2-4H2,1H3,(H,14,15)(H,11,12,16). The van der Waals surface area contributed by atoms with E-state index in [2.05, 4.69) is 10.3 Å². The molecule has 2 amide bonds. The first-order valence-corrected chi connectivity index (χ1v) is 6.26. The van der Waals surface area contributed by atoms with Crippen LogP contribution in [0.15, 0.2) is 5.38 Å². The normalized spacial score (nSPS) is 19.6. The van der Waals surface area contributed by atoms with Crippen LogP contribution in [-0.2, 0) is 9.53 Å². The van der Waals surface area contributed by atoms with Crippen molar-refractivity contribution in [2.75, 3.05) is 25.0 Å². The second-order valence-electron chi connectivity index (χ2n) is 3.87. The Bertz CT molecular complexity index is 462. The largest absolute Gasteiger partial charge is 0.479 e. The molecule has 8 heteroatoms. The Balaban J connectivity index is 1.94. The molecule has 0 aliphatic carbocycles. The van der Waals surface area contributed by atoms with E-state index in [9.17, 15) is 9.59 Å².